The summed E-state index contributed by atoms with van der Waals surface area (Å²) in [6.07, 6.45) is 60.6. The molecule has 0 bridgehead atoms. The molecular weight excluding hydrogens is 780 g/mol. The van der Waals surface area contributed by atoms with E-state index in [1.165, 1.54) is 70.6 Å². The van der Waals surface area contributed by atoms with Crippen LogP contribution in [0.4, 0.5) is 0 Å². The molecule has 0 saturated heterocycles. The maximum Gasteiger partial charge on any atom is 0.268 e. The van der Waals surface area contributed by atoms with Gasteiger partial charge in [-0.25, -0.2) is 0 Å². The number of allylic oxidation sites excluding steroid dienone is 15. The van der Waals surface area contributed by atoms with Crippen LogP contribution in [0.3, 0.4) is 0 Å². The van der Waals surface area contributed by atoms with E-state index in [-0.39, 0.29) is 12.5 Å². The van der Waals surface area contributed by atoms with Gasteiger partial charge in [0.1, 0.15) is 13.2 Å². The maximum atomic E-state index is 12.9. The van der Waals surface area contributed by atoms with E-state index in [0.717, 1.165) is 83.5 Å². The summed E-state index contributed by atoms with van der Waals surface area (Å²) in [5, 5.41) is 13.7. The van der Waals surface area contributed by atoms with Gasteiger partial charge in [-0.3, -0.25) is 9.36 Å². The molecule has 350 valence electrons. The van der Waals surface area contributed by atoms with Crippen LogP contribution in [0.2, 0.25) is 0 Å². The lowest BCUT2D eigenvalue weighted by molar-refractivity contribution is -0.870. The van der Waals surface area contributed by atoms with Crippen LogP contribution in [-0.2, 0) is 18.4 Å². The summed E-state index contributed by atoms with van der Waals surface area (Å²) in [5.41, 5.74) is 0. The Morgan fingerprint density at radius 3 is 1.46 bits per heavy atom. The molecule has 8 nitrogen and oxygen atoms in total. The first-order chi connectivity index (χ1) is 29.5. The zero-order valence-corrected chi connectivity index (χ0v) is 40.5. The van der Waals surface area contributed by atoms with Gasteiger partial charge in [-0.1, -0.05) is 182 Å². The van der Waals surface area contributed by atoms with Crippen molar-refractivity contribution in [2.75, 3.05) is 40.9 Å². The minimum absolute atomic E-state index is 0.0138. The molecule has 0 aromatic carbocycles. The van der Waals surface area contributed by atoms with Crippen molar-refractivity contribution >= 4 is 13.7 Å². The highest BCUT2D eigenvalue weighted by molar-refractivity contribution is 7.45. The number of aliphatic hydroxyl groups is 1. The number of carbonyl (C=O) groups is 1. The Hall–Kier alpha value is -2.58. The maximum absolute atomic E-state index is 12.9. The van der Waals surface area contributed by atoms with Gasteiger partial charge >= 0.3 is 0 Å². The third-order valence-electron chi connectivity index (χ3n) is 10.0. The molecule has 0 rings (SSSR count). The normalized spacial score (nSPS) is 15.1. The first-order valence-electron chi connectivity index (χ1n) is 24.1. The van der Waals surface area contributed by atoms with Crippen LogP contribution in [0.5, 0.6) is 0 Å². The average Bonchev–Trinajstić information content (AvgIpc) is 3.21. The molecule has 0 saturated carbocycles. The number of hydrogen-bond donors (Lipinski definition) is 2. The number of rotatable bonds is 42. The molecule has 0 aliphatic rings. The molecule has 0 aromatic rings. The number of amides is 1. The van der Waals surface area contributed by atoms with Crippen molar-refractivity contribution in [2.45, 2.75) is 187 Å². The second-order valence-corrected chi connectivity index (χ2v) is 18.4. The van der Waals surface area contributed by atoms with Gasteiger partial charge in [0.15, 0.2) is 0 Å². The Kier molecular flexibility index (Phi) is 40.9. The molecule has 0 aliphatic heterocycles. The van der Waals surface area contributed by atoms with Crippen molar-refractivity contribution in [3.63, 3.8) is 0 Å². The van der Waals surface area contributed by atoms with Gasteiger partial charge in [-0.15, -0.1) is 0 Å². The van der Waals surface area contributed by atoms with E-state index < -0.39 is 26.6 Å². The minimum Gasteiger partial charge on any atom is -0.756 e. The molecular formula is C52H91N2O6P. The lowest BCUT2D eigenvalue weighted by atomic mass is 10.0. The number of aliphatic hydroxyl groups excluding tert-OH is 1. The average molecular weight is 871 g/mol. The quantitative estimate of drug-likeness (QED) is 0.0274. The molecule has 0 spiro atoms. The van der Waals surface area contributed by atoms with E-state index >= 15 is 0 Å². The zero-order chi connectivity index (χ0) is 45.0. The molecule has 61 heavy (non-hydrogen) atoms. The van der Waals surface area contributed by atoms with Gasteiger partial charge in [0.2, 0.25) is 5.91 Å². The van der Waals surface area contributed by atoms with Crippen molar-refractivity contribution in [3.8, 4) is 0 Å². The molecule has 0 aromatic heterocycles. The molecule has 0 heterocycles. The van der Waals surface area contributed by atoms with Crippen LogP contribution in [0.1, 0.15) is 174 Å². The highest BCUT2D eigenvalue weighted by atomic mass is 31.2. The SMILES string of the molecule is CC/C=C\C/C=C\C/C=C\C/C=C\C/C=C\CCCCCCCCCCCCCCCC(=O)NC(COP(=O)([O-])OCC[N+](C)(C)C)C(O)/C=C/CC/C=C/CC/C=C/CC. The zero-order valence-electron chi connectivity index (χ0n) is 39.6. The number of quaternary nitrogens is 1. The van der Waals surface area contributed by atoms with Gasteiger partial charge < -0.3 is 28.8 Å². The number of phosphoric acid groups is 1. The summed E-state index contributed by atoms with van der Waals surface area (Å²) in [6, 6.07) is -0.913. The van der Waals surface area contributed by atoms with Crippen LogP contribution in [0.25, 0.3) is 0 Å². The number of unbranched alkanes of at least 4 members (excludes halogenated alkanes) is 15. The minimum atomic E-state index is -4.60. The number of nitrogens with one attached hydrogen (secondary N) is 1. The third-order valence-corrected chi connectivity index (χ3v) is 11.0. The summed E-state index contributed by atoms with van der Waals surface area (Å²) in [4.78, 5) is 25.3. The standard InChI is InChI=1S/C52H91N2O6P/c1-6-8-10-12-14-16-18-19-20-21-22-23-24-25-26-27-28-29-30-31-32-33-34-35-36-38-40-42-44-46-52(56)53-50(49-60-61(57,58)59-48-47-54(3,4)5)51(55)45-43-41-39-37-17-15-13-11-9-7-2/h8-11,14,16-17,19-20,22-23,25-26,37,43,45,50-51,55H,6-7,12-13,15,18,21,24,27-36,38-42,44,46-49H2,1-5H3,(H-,53,56,57,58)/b10-8-,11-9+,16-14-,20-19-,23-22-,26-25-,37-17+,45-43+. The van der Waals surface area contributed by atoms with Crippen molar-refractivity contribution in [2.24, 2.45) is 0 Å². The van der Waals surface area contributed by atoms with Gasteiger partial charge in [-0.05, 0) is 83.5 Å². The van der Waals surface area contributed by atoms with E-state index in [2.05, 4.69) is 104 Å². The summed E-state index contributed by atoms with van der Waals surface area (Å²) in [7, 11) is 1.22. The Morgan fingerprint density at radius 2 is 0.967 bits per heavy atom. The van der Waals surface area contributed by atoms with Crippen molar-refractivity contribution in [3.05, 3.63) is 97.2 Å². The monoisotopic (exact) mass is 871 g/mol. The fraction of sp³-hybridized carbons (Fsp3) is 0.673. The topological polar surface area (TPSA) is 108 Å². The highest BCUT2D eigenvalue weighted by Crippen LogP contribution is 2.38. The van der Waals surface area contributed by atoms with Crippen LogP contribution in [0, 0.1) is 0 Å². The molecule has 0 fully saturated rings. The fourth-order valence-corrected chi connectivity index (χ4v) is 7.00. The molecule has 0 aliphatic carbocycles. The lowest BCUT2D eigenvalue weighted by Gasteiger charge is -2.29. The van der Waals surface area contributed by atoms with Crippen molar-refractivity contribution in [1.82, 2.24) is 5.32 Å². The summed E-state index contributed by atoms with van der Waals surface area (Å²) < 4.78 is 23.1. The molecule has 2 N–H and O–H groups in total. The van der Waals surface area contributed by atoms with E-state index in [1.807, 2.05) is 27.2 Å². The Labute approximate surface area is 375 Å². The van der Waals surface area contributed by atoms with E-state index in [1.54, 1.807) is 6.08 Å². The number of likely N-dealkylation sites (N-methyl/N-ethyl adjacent to an activating group) is 1. The van der Waals surface area contributed by atoms with E-state index in [4.69, 9.17) is 9.05 Å². The fourth-order valence-electron chi connectivity index (χ4n) is 6.28. The van der Waals surface area contributed by atoms with Gasteiger partial charge in [0.05, 0.1) is 39.9 Å². The molecule has 9 heteroatoms. The number of nitrogens with zero attached hydrogens (tertiary/aromatic N) is 1. The third kappa shape index (κ3) is 45.3. The first kappa shape index (κ1) is 58.4. The van der Waals surface area contributed by atoms with Crippen LogP contribution in [-0.4, -0.2) is 68.5 Å². The smallest absolute Gasteiger partial charge is 0.268 e. The summed E-state index contributed by atoms with van der Waals surface area (Å²) in [5.74, 6) is -0.220. The van der Waals surface area contributed by atoms with Crippen molar-refractivity contribution in [1.29, 1.82) is 0 Å². The lowest BCUT2D eigenvalue weighted by Crippen LogP contribution is -2.45. The largest absolute Gasteiger partial charge is 0.756 e. The number of hydrogen-bond acceptors (Lipinski definition) is 6. The van der Waals surface area contributed by atoms with Gasteiger partial charge in [0.25, 0.3) is 7.82 Å². The second kappa shape index (κ2) is 42.7. The van der Waals surface area contributed by atoms with Gasteiger partial charge in [-0.2, -0.15) is 0 Å². The highest BCUT2D eigenvalue weighted by Gasteiger charge is 2.23. The Balaban J connectivity index is 4.16. The van der Waals surface area contributed by atoms with Crippen LogP contribution >= 0.6 is 7.82 Å². The molecule has 0 radical (unpaired) electrons. The Bertz CT molecular complexity index is 1310. The molecule has 3 atom stereocenters. The number of phosphoric ester groups is 1. The van der Waals surface area contributed by atoms with Crippen LogP contribution in [0.15, 0.2) is 97.2 Å². The van der Waals surface area contributed by atoms with E-state index in [9.17, 15) is 19.4 Å². The summed E-state index contributed by atoms with van der Waals surface area (Å²) >= 11 is 0. The number of carbonyl (C=O) groups excluding carboxylic acids is 1. The second-order valence-electron chi connectivity index (χ2n) is 17.0. The van der Waals surface area contributed by atoms with Crippen molar-refractivity contribution < 1.29 is 32.9 Å². The van der Waals surface area contributed by atoms with E-state index in [0.29, 0.717) is 17.4 Å². The van der Waals surface area contributed by atoms with Crippen LogP contribution < -0.4 is 10.2 Å². The summed E-state index contributed by atoms with van der Waals surface area (Å²) in [6.45, 7) is 4.35. The Morgan fingerprint density at radius 1 is 0.574 bits per heavy atom. The first-order valence-corrected chi connectivity index (χ1v) is 25.6. The molecule has 3 unspecified atom stereocenters. The van der Waals surface area contributed by atoms with Gasteiger partial charge in [0, 0.05) is 6.42 Å². The predicted molar refractivity (Wildman–Crippen MR) is 260 cm³/mol. The molecule has 1 amide bonds. The predicted octanol–water partition coefficient (Wildman–Crippen LogP) is 13.3.